The van der Waals surface area contributed by atoms with E-state index in [1.54, 1.807) is 21.3 Å². The van der Waals surface area contributed by atoms with Crippen molar-refractivity contribution < 1.29 is 23.8 Å². The van der Waals surface area contributed by atoms with Gasteiger partial charge in [0.2, 0.25) is 11.7 Å². The lowest BCUT2D eigenvalue weighted by atomic mass is 9.73. The number of allylic oxidation sites excluding steroid dienone is 2. The van der Waals surface area contributed by atoms with E-state index in [1.807, 2.05) is 30.3 Å². The van der Waals surface area contributed by atoms with Gasteiger partial charge in [0.25, 0.3) is 0 Å². The number of nitrogens with one attached hydrogen (secondary N) is 1. The van der Waals surface area contributed by atoms with Gasteiger partial charge in [0.1, 0.15) is 0 Å². The van der Waals surface area contributed by atoms with Crippen molar-refractivity contribution in [2.24, 2.45) is 0 Å². The average molecular weight is 458 g/mol. The van der Waals surface area contributed by atoms with Crippen LogP contribution in [0.1, 0.15) is 42.2 Å². The summed E-state index contributed by atoms with van der Waals surface area (Å²) in [5, 5.41) is 5.24. The van der Waals surface area contributed by atoms with Gasteiger partial charge < -0.3 is 19.5 Å². The number of amides is 1. The van der Waals surface area contributed by atoms with Gasteiger partial charge in [0.05, 0.1) is 21.3 Å². The first kappa shape index (κ1) is 22.0. The highest BCUT2D eigenvalue weighted by atomic mass is 16.5. The van der Waals surface area contributed by atoms with E-state index < -0.39 is 0 Å². The molecule has 0 bridgehead atoms. The maximum atomic E-state index is 13.5. The van der Waals surface area contributed by atoms with E-state index >= 15 is 0 Å². The number of ether oxygens (including phenoxy) is 3. The highest BCUT2D eigenvalue weighted by Crippen LogP contribution is 2.46. The van der Waals surface area contributed by atoms with Crippen molar-refractivity contribution in [3.05, 3.63) is 77.0 Å². The van der Waals surface area contributed by atoms with Crippen LogP contribution in [-0.4, -0.2) is 33.0 Å². The second-order valence-corrected chi connectivity index (χ2v) is 8.79. The van der Waals surface area contributed by atoms with Crippen molar-refractivity contribution in [3.63, 3.8) is 0 Å². The molecule has 1 amide bonds. The van der Waals surface area contributed by atoms with Crippen LogP contribution >= 0.6 is 0 Å². The minimum Gasteiger partial charge on any atom is -0.493 e. The van der Waals surface area contributed by atoms with Crippen LogP contribution in [0.25, 0.3) is 10.8 Å². The van der Waals surface area contributed by atoms with Crippen molar-refractivity contribution in [2.75, 3.05) is 21.3 Å². The van der Waals surface area contributed by atoms with E-state index in [9.17, 15) is 9.59 Å². The van der Waals surface area contributed by atoms with Gasteiger partial charge in [-0.15, -0.1) is 0 Å². The molecule has 174 valence electrons. The molecule has 0 fully saturated rings. The summed E-state index contributed by atoms with van der Waals surface area (Å²) in [6, 6.07) is 18.1. The molecule has 5 rings (SSSR count). The Balaban J connectivity index is 1.53. The fraction of sp³-hybridized carbons (Fsp3) is 0.286. The molecule has 2 aliphatic rings. The Morgan fingerprint density at radius 2 is 1.47 bits per heavy atom. The lowest BCUT2D eigenvalue weighted by molar-refractivity contribution is -0.122. The summed E-state index contributed by atoms with van der Waals surface area (Å²) in [4.78, 5) is 26.2. The van der Waals surface area contributed by atoms with Crippen LogP contribution in [-0.2, 0) is 9.59 Å². The molecule has 0 aromatic heterocycles. The Morgan fingerprint density at radius 3 is 2.15 bits per heavy atom. The largest absolute Gasteiger partial charge is 0.493 e. The molecule has 1 heterocycles. The smallest absolute Gasteiger partial charge is 0.225 e. The third kappa shape index (κ3) is 3.79. The van der Waals surface area contributed by atoms with E-state index in [1.165, 1.54) is 0 Å². The fourth-order valence-corrected chi connectivity index (χ4v) is 5.24. The van der Waals surface area contributed by atoms with Crippen molar-refractivity contribution in [3.8, 4) is 17.2 Å². The van der Waals surface area contributed by atoms with Crippen molar-refractivity contribution >= 4 is 22.5 Å². The number of Topliss-reactive ketones (excluding diaryl/α,β-unsaturated/α-hetero) is 1. The zero-order valence-electron chi connectivity index (χ0n) is 19.5. The summed E-state index contributed by atoms with van der Waals surface area (Å²) in [5.41, 5.74) is 3.38. The van der Waals surface area contributed by atoms with Gasteiger partial charge in [-0.1, -0.05) is 42.5 Å². The van der Waals surface area contributed by atoms with Gasteiger partial charge in [-0.3, -0.25) is 9.59 Å². The Bertz CT molecular complexity index is 1300. The van der Waals surface area contributed by atoms with Gasteiger partial charge in [-0.2, -0.15) is 0 Å². The molecule has 1 aliphatic carbocycles. The highest BCUT2D eigenvalue weighted by molar-refractivity contribution is 6.02. The number of methoxy groups -OCH3 is 3. The number of ketones is 1. The number of hydrogen-bond donors (Lipinski definition) is 1. The second-order valence-electron chi connectivity index (χ2n) is 8.79. The number of benzene rings is 3. The number of carbonyl (C=O) groups excluding carboxylic acids is 2. The summed E-state index contributed by atoms with van der Waals surface area (Å²) in [5.74, 6) is 1.28. The molecule has 1 aliphatic heterocycles. The maximum absolute atomic E-state index is 13.5. The molecule has 34 heavy (non-hydrogen) atoms. The Kier molecular flexibility index (Phi) is 5.74. The molecule has 3 aromatic rings. The van der Waals surface area contributed by atoms with Crippen molar-refractivity contribution in [1.29, 1.82) is 0 Å². The quantitative estimate of drug-likeness (QED) is 0.592. The van der Waals surface area contributed by atoms with Crippen molar-refractivity contribution in [1.82, 2.24) is 5.32 Å². The predicted octanol–water partition coefficient (Wildman–Crippen LogP) is 4.87. The normalized spacial score (nSPS) is 20.1. The van der Waals surface area contributed by atoms with Gasteiger partial charge in [-0.25, -0.2) is 0 Å². The number of hydrogen-bond acceptors (Lipinski definition) is 5. The summed E-state index contributed by atoms with van der Waals surface area (Å²) in [7, 11) is 4.71. The minimum absolute atomic E-state index is 0.0600. The van der Waals surface area contributed by atoms with Crippen LogP contribution in [0.2, 0.25) is 0 Å². The molecule has 6 heteroatoms. The first-order valence-corrected chi connectivity index (χ1v) is 11.4. The van der Waals surface area contributed by atoms with E-state index in [-0.39, 0.29) is 29.9 Å². The number of rotatable bonds is 5. The zero-order chi connectivity index (χ0) is 23.8. The summed E-state index contributed by atoms with van der Waals surface area (Å²) in [6.07, 6.45) is 1.20. The molecule has 0 saturated carbocycles. The molecular formula is C28H27NO5. The Labute approximate surface area is 198 Å². The first-order valence-electron chi connectivity index (χ1n) is 11.4. The Hall–Kier alpha value is -3.80. The van der Waals surface area contributed by atoms with E-state index in [0.717, 1.165) is 33.2 Å². The van der Waals surface area contributed by atoms with Crippen LogP contribution in [0.5, 0.6) is 17.2 Å². The molecule has 6 nitrogen and oxygen atoms in total. The molecule has 3 aromatic carbocycles. The molecule has 2 unspecified atom stereocenters. The van der Waals surface area contributed by atoms with Gasteiger partial charge in [-0.05, 0) is 46.4 Å². The van der Waals surface area contributed by atoms with Crippen molar-refractivity contribution in [2.45, 2.75) is 31.1 Å². The van der Waals surface area contributed by atoms with Crippen LogP contribution in [0, 0.1) is 0 Å². The molecular weight excluding hydrogens is 430 g/mol. The lowest BCUT2D eigenvalue weighted by Crippen LogP contribution is -2.38. The molecule has 1 N–H and O–H groups in total. The van der Waals surface area contributed by atoms with Crippen LogP contribution in [0.3, 0.4) is 0 Å². The third-order valence-electron chi connectivity index (χ3n) is 6.87. The van der Waals surface area contributed by atoms with E-state index in [2.05, 4.69) is 29.6 Å². The van der Waals surface area contributed by atoms with E-state index in [0.29, 0.717) is 30.1 Å². The summed E-state index contributed by atoms with van der Waals surface area (Å²) < 4.78 is 16.4. The lowest BCUT2D eigenvalue weighted by Gasteiger charge is -2.34. The first-order chi connectivity index (χ1) is 16.5. The average Bonchev–Trinajstić information content (AvgIpc) is 2.86. The molecule has 0 saturated heterocycles. The number of carbonyl (C=O) groups is 2. The molecule has 0 spiro atoms. The monoisotopic (exact) mass is 457 g/mol. The second kappa shape index (κ2) is 8.86. The third-order valence-corrected chi connectivity index (χ3v) is 6.87. The van der Waals surface area contributed by atoms with Gasteiger partial charge >= 0.3 is 0 Å². The fourth-order valence-electron chi connectivity index (χ4n) is 5.24. The summed E-state index contributed by atoms with van der Waals surface area (Å²) >= 11 is 0. The predicted molar refractivity (Wildman–Crippen MR) is 130 cm³/mol. The molecule has 0 radical (unpaired) electrons. The highest BCUT2D eigenvalue weighted by Gasteiger charge is 2.38. The SMILES string of the molecule is COc1cc(C2CC(=O)C3=C(C2)NC(=O)CC3c2ccc3ccccc3c2)cc(OC)c1OC. The topological polar surface area (TPSA) is 73.9 Å². The summed E-state index contributed by atoms with van der Waals surface area (Å²) in [6.45, 7) is 0. The number of fused-ring (bicyclic) bond motifs is 1. The van der Waals surface area contributed by atoms with Crippen LogP contribution < -0.4 is 19.5 Å². The zero-order valence-corrected chi connectivity index (χ0v) is 19.5. The minimum atomic E-state index is -0.234. The van der Waals surface area contributed by atoms with Gasteiger partial charge in [0.15, 0.2) is 17.3 Å². The van der Waals surface area contributed by atoms with E-state index in [4.69, 9.17) is 14.2 Å². The van der Waals surface area contributed by atoms with Crippen LogP contribution in [0.4, 0.5) is 0 Å². The Morgan fingerprint density at radius 1 is 0.765 bits per heavy atom. The van der Waals surface area contributed by atoms with Gasteiger partial charge in [0, 0.05) is 30.0 Å². The maximum Gasteiger partial charge on any atom is 0.225 e. The molecule has 2 atom stereocenters. The standard InChI is InChI=1S/C28H27NO5/c1-32-24-13-20(14-25(33-2)28(24)34-3)19-11-22-27(23(30)12-19)21(15-26(31)29-22)18-9-8-16-6-4-5-7-17(16)10-18/h4-10,13-14,19,21H,11-12,15H2,1-3H3,(H,29,31). The van der Waals surface area contributed by atoms with Crippen LogP contribution in [0.15, 0.2) is 65.9 Å².